The van der Waals surface area contributed by atoms with Gasteiger partial charge in [0.2, 0.25) is 0 Å². The van der Waals surface area contributed by atoms with Crippen molar-refractivity contribution in [2.24, 2.45) is 5.16 Å². The number of fused-ring (bicyclic) bond motifs is 1. The summed E-state index contributed by atoms with van der Waals surface area (Å²) in [4.78, 5) is 16.7. The first-order chi connectivity index (χ1) is 15.6. The summed E-state index contributed by atoms with van der Waals surface area (Å²) in [5.41, 5.74) is 4.87. The average molecular weight is 428 g/mol. The van der Waals surface area contributed by atoms with Crippen LogP contribution in [0.25, 0.3) is 16.6 Å². The summed E-state index contributed by atoms with van der Waals surface area (Å²) in [6.07, 6.45) is 0. The van der Waals surface area contributed by atoms with Crippen molar-refractivity contribution < 1.29 is 19.5 Å². The molecule has 0 unspecified atom stereocenters. The molecule has 1 N–H and O–H groups in total. The fourth-order valence-electron chi connectivity index (χ4n) is 3.80. The van der Waals surface area contributed by atoms with Crippen LogP contribution >= 0.6 is 0 Å². The van der Waals surface area contributed by atoms with Crippen LogP contribution in [0.2, 0.25) is 0 Å². The standard InChI is InChI=1S/C26H24N2O4/c1-3-32-27-23(17-31-21-13-9-10-19(16-21)26(29)30)25-18(2)28(20-11-5-4-6-12-20)24-15-8-7-14-22(24)25/h4-16H,3,17H2,1-2H3,(H,29,30)/b27-23+. The maximum atomic E-state index is 11.3. The van der Waals surface area contributed by atoms with Gasteiger partial charge in [-0.3, -0.25) is 0 Å². The van der Waals surface area contributed by atoms with Gasteiger partial charge >= 0.3 is 5.97 Å². The van der Waals surface area contributed by atoms with Crippen molar-refractivity contribution in [3.05, 3.63) is 95.7 Å². The Morgan fingerprint density at radius 1 is 1.00 bits per heavy atom. The third-order valence-electron chi connectivity index (χ3n) is 5.17. The van der Waals surface area contributed by atoms with Gasteiger partial charge in [0.1, 0.15) is 24.7 Å². The van der Waals surface area contributed by atoms with E-state index in [0.717, 1.165) is 27.8 Å². The SMILES string of the molecule is CCO/N=C(\COc1cccc(C(=O)O)c1)c1c(C)n(-c2ccccc2)c2ccccc12. The zero-order valence-corrected chi connectivity index (χ0v) is 18.0. The minimum atomic E-state index is -1.000. The molecule has 0 fully saturated rings. The molecule has 0 aliphatic carbocycles. The lowest BCUT2D eigenvalue weighted by molar-refractivity contribution is 0.0696. The molecule has 0 aliphatic heterocycles. The van der Waals surface area contributed by atoms with Crippen molar-refractivity contribution in [2.45, 2.75) is 13.8 Å². The number of rotatable bonds is 8. The molecule has 4 aromatic rings. The third-order valence-corrected chi connectivity index (χ3v) is 5.17. The monoisotopic (exact) mass is 428 g/mol. The van der Waals surface area contributed by atoms with Gasteiger partial charge in [0.25, 0.3) is 0 Å². The van der Waals surface area contributed by atoms with Crippen molar-refractivity contribution in [1.29, 1.82) is 0 Å². The lowest BCUT2D eigenvalue weighted by Gasteiger charge is -2.11. The van der Waals surface area contributed by atoms with E-state index < -0.39 is 5.97 Å². The smallest absolute Gasteiger partial charge is 0.335 e. The van der Waals surface area contributed by atoms with E-state index in [-0.39, 0.29) is 12.2 Å². The maximum absolute atomic E-state index is 11.3. The summed E-state index contributed by atoms with van der Waals surface area (Å²) in [7, 11) is 0. The van der Waals surface area contributed by atoms with Crippen LogP contribution in [0.3, 0.4) is 0 Å². The number of carboxylic acid groups (broad SMARTS) is 1. The molecule has 0 saturated carbocycles. The van der Waals surface area contributed by atoms with E-state index in [4.69, 9.17) is 9.57 Å². The highest BCUT2D eigenvalue weighted by atomic mass is 16.6. The molecule has 6 nitrogen and oxygen atoms in total. The first kappa shape index (κ1) is 21.2. The lowest BCUT2D eigenvalue weighted by atomic mass is 10.1. The largest absolute Gasteiger partial charge is 0.487 e. The summed E-state index contributed by atoms with van der Waals surface area (Å²) in [6.45, 7) is 4.48. The average Bonchev–Trinajstić information content (AvgIpc) is 3.11. The van der Waals surface area contributed by atoms with Crippen LogP contribution in [0, 0.1) is 6.92 Å². The van der Waals surface area contributed by atoms with E-state index in [2.05, 4.69) is 40.9 Å². The quantitative estimate of drug-likeness (QED) is 0.299. The summed E-state index contributed by atoms with van der Waals surface area (Å²) < 4.78 is 8.14. The summed E-state index contributed by atoms with van der Waals surface area (Å²) in [5.74, 6) is -0.543. The zero-order chi connectivity index (χ0) is 22.5. The molecular weight excluding hydrogens is 404 g/mol. The number of oxime groups is 1. The van der Waals surface area contributed by atoms with Crippen LogP contribution < -0.4 is 4.74 Å². The molecular formula is C26H24N2O4. The van der Waals surface area contributed by atoms with Gasteiger partial charge in [-0.2, -0.15) is 0 Å². The van der Waals surface area contributed by atoms with Gasteiger partial charge in [0.05, 0.1) is 11.1 Å². The molecule has 6 heteroatoms. The number of para-hydroxylation sites is 2. The van der Waals surface area contributed by atoms with Gasteiger partial charge in [-0.05, 0) is 50.2 Å². The fraction of sp³-hybridized carbons (Fsp3) is 0.154. The Hall–Kier alpha value is -4.06. The van der Waals surface area contributed by atoms with Crippen LogP contribution in [-0.4, -0.2) is 34.6 Å². The van der Waals surface area contributed by atoms with E-state index >= 15 is 0 Å². The molecule has 32 heavy (non-hydrogen) atoms. The molecule has 0 radical (unpaired) electrons. The number of carboxylic acids is 1. The van der Waals surface area contributed by atoms with E-state index in [0.29, 0.717) is 18.1 Å². The van der Waals surface area contributed by atoms with Crippen molar-refractivity contribution in [1.82, 2.24) is 4.57 Å². The number of aromatic nitrogens is 1. The van der Waals surface area contributed by atoms with Gasteiger partial charge < -0.3 is 19.2 Å². The molecule has 1 heterocycles. The molecule has 0 aliphatic rings. The van der Waals surface area contributed by atoms with E-state index in [1.54, 1.807) is 12.1 Å². The van der Waals surface area contributed by atoms with Crippen molar-refractivity contribution in [2.75, 3.05) is 13.2 Å². The first-order valence-electron chi connectivity index (χ1n) is 10.4. The van der Waals surface area contributed by atoms with Gasteiger partial charge in [0.15, 0.2) is 0 Å². The Balaban J connectivity index is 1.78. The van der Waals surface area contributed by atoms with Crippen LogP contribution in [0.5, 0.6) is 5.75 Å². The number of carbonyl (C=O) groups is 1. The molecule has 0 bridgehead atoms. The third kappa shape index (κ3) is 4.21. The van der Waals surface area contributed by atoms with Crippen LogP contribution in [0.1, 0.15) is 28.5 Å². The van der Waals surface area contributed by atoms with Gasteiger partial charge in [-0.15, -0.1) is 0 Å². The summed E-state index contributed by atoms with van der Waals surface area (Å²) >= 11 is 0. The second kappa shape index (κ2) is 9.39. The highest BCUT2D eigenvalue weighted by molar-refractivity contribution is 6.13. The normalized spacial score (nSPS) is 11.5. The summed E-state index contributed by atoms with van der Waals surface area (Å²) in [5, 5.41) is 14.6. The topological polar surface area (TPSA) is 73.1 Å². The van der Waals surface area contributed by atoms with Gasteiger partial charge in [0, 0.05) is 22.3 Å². The van der Waals surface area contributed by atoms with Crippen LogP contribution in [0.15, 0.2) is 84.0 Å². The molecule has 3 aromatic carbocycles. The maximum Gasteiger partial charge on any atom is 0.335 e. The number of aromatic carboxylic acids is 1. The predicted molar refractivity (Wildman–Crippen MR) is 125 cm³/mol. The van der Waals surface area contributed by atoms with Crippen molar-refractivity contribution in [3.63, 3.8) is 0 Å². The van der Waals surface area contributed by atoms with Gasteiger partial charge in [-0.25, -0.2) is 4.79 Å². The van der Waals surface area contributed by atoms with Crippen LogP contribution in [-0.2, 0) is 4.84 Å². The Morgan fingerprint density at radius 2 is 1.75 bits per heavy atom. The number of hydrogen-bond donors (Lipinski definition) is 1. The van der Waals surface area contributed by atoms with Gasteiger partial charge in [-0.1, -0.05) is 47.6 Å². The lowest BCUT2D eigenvalue weighted by Crippen LogP contribution is -2.15. The Morgan fingerprint density at radius 3 is 2.50 bits per heavy atom. The molecule has 162 valence electrons. The van der Waals surface area contributed by atoms with Crippen molar-refractivity contribution in [3.8, 4) is 11.4 Å². The molecule has 1 aromatic heterocycles. The number of benzene rings is 3. The second-order valence-electron chi connectivity index (χ2n) is 7.23. The minimum absolute atomic E-state index is 0.132. The number of nitrogens with zero attached hydrogens (tertiary/aromatic N) is 2. The zero-order valence-electron chi connectivity index (χ0n) is 18.0. The highest BCUT2D eigenvalue weighted by Crippen LogP contribution is 2.30. The fourth-order valence-corrected chi connectivity index (χ4v) is 3.80. The van der Waals surface area contributed by atoms with Crippen molar-refractivity contribution >= 4 is 22.6 Å². The molecule has 4 rings (SSSR count). The highest BCUT2D eigenvalue weighted by Gasteiger charge is 2.20. The Kier molecular flexibility index (Phi) is 6.22. The first-order valence-corrected chi connectivity index (χ1v) is 10.4. The summed E-state index contributed by atoms with van der Waals surface area (Å²) in [6, 6.07) is 24.7. The minimum Gasteiger partial charge on any atom is -0.487 e. The number of ether oxygens (including phenoxy) is 1. The van der Waals surface area contributed by atoms with Crippen LogP contribution in [0.4, 0.5) is 0 Å². The molecule has 0 saturated heterocycles. The van der Waals surface area contributed by atoms with E-state index in [1.807, 2.05) is 37.3 Å². The van der Waals surface area contributed by atoms with E-state index in [9.17, 15) is 9.90 Å². The second-order valence-corrected chi connectivity index (χ2v) is 7.23. The Labute approximate surface area is 186 Å². The molecule has 0 amide bonds. The van der Waals surface area contributed by atoms with E-state index in [1.165, 1.54) is 12.1 Å². The molecule has 0 atom stereocenters. The number of hydrogen-bond acceptors (Lipinski definition) is 4. The Bertz CT molecular complexity index is 1280. The molecule has 0 spiro atoms. The predicted octanol–water partition coefficient (Wildman–Crippen LogP) is 5.46.